The fraction of sp³-hybridized carbons (Fsp3) is 0.429. The van der Waals surface area contributed by atoms with Gasteiger partial charge in [0.2, 0.25) is 5.91 Å². The summed E-state index contributed by atoms with van der Waals surface area (Å²) in [5, 5.41) is 0. The first-order valence-electron chi connectivity index (χ1n) is 6.64. The summed E-state index contributed by atoms with van der Waals surface area (Å²) in [7, 11) is 0. The van der Waals surface area contributed by atoms with E-state index in [1.54, 1.807) is 9.80 Å². The molecule has 1 aromatic carbocycles. The summed E-state index contributed by atoms with van der Waals surface area (Å²) in [4.78, 5) is 27.0. The molecule has 6 heteroatoms. The molecule has 0 radical (unpaired) electrons. The molecule has 0 saturated carbocycles. The summed E-state index contributed by atoms with van der Waals surface area (Å²) in [5.74, 6) is 1.12. The first-order chi connectivity index (χ1) is 9.69. The zero-order chi connectivity index (χ0) is 14.1. The van der Waals surface area contributed by atoms with Crippen LogP contribution in [0, 0.1) is 5.92 Å². The molecule has 0 aliphatic carbocycles. The van der Waals surface area contributed by atoms with Crippen LogP contribution in [0.3, 0.4) is 0 Å². The highest BCUT2D eigenvalue weighted by Gasteiger charge is 2.30. The number of ether oxygens (including phenoxy) is 1. The number of benzene rings is 1. The predicted molar refractivity (Wildman–Crippen MR) is 79.4 cm³/mol. The zero-order valence-corrected chi connectivity index (χ0v) is 11.9. The van der Waals surface area contributed by atoms with Gasteiger partial charge in [-0.15, -0.1) is 0 Å². The first kappa shape index (κ1) is 13.3. The highest BCUT2D eigenvalue weighted by Crippen LogP contribution is 2.29. The summed E-state index contributed by atoms with van der Waals surface area (Å²) in [6.07, 6.45) is 0.211. The van der Waals surface area contributed by atoms with Gasteiger partial charge in [-0.25, -0.2) is 4.79 Å². The Bertz CT molecular complexity index is 549. The molecule has 0 spiro atoms. The molecule has 2 fully saturated rings. The lowest BCUT2D eigenvalue weighted by atomic mass is 10.1. The maximum atomic E-state index is 12.0. The Morgan fingerprint density at radius 3 is 2.60 bits per heavy atom. The number of carbonyl (C=O) groups excluding carboxylic acids is 2. The number of amides is 2. The molecule has 0 bridgehead atoms. The summed E-state index contributed by atoms with van der Waals surface area (Å²) < 4.78 is 4.94. The third-order valence-electron chi connectivity index (χ3n) is 3.68. The number of cyclic esters (lactones) is 1. The molecule has 2 aliphatic heterocycles. The highest BCUT2D eigenvalue weighted by molar-refractivity contribution is 7.80. The largest absolute Gasteiger partial charge is 0.447 e. The van der Waals surface area contributed by atoms with Crippen LogP contribution in [0.2, 0.25) is 0 Å². The van der Waals surface area contributed by atoms with Crippen molar-refractivity contribution in [3.63, 3.8) is 0 Å². The fourth-order valence-electron chi connectivity index (χ4n) is 2.61. The smallest absolute Gasteiger partial charge is 0.414 e. The van der Waals surface area contributed by atoms with Gasteiger partial charge >= 0.3 is 6.09 Å². The van der Waals surface area contributed by atoms with Crippen molar-refractivity contribution in [3.05, 3.63) is 24.3 Å². The quantitative estimate of drug-likeness (QED) is 0.866. The van der Waals surface area contributed by atoms with E-state index >= 15 is 0 Å². The molecule has 2 heterocycles. The van der Waals surface area contributed by atoms with Gasteiger partial charge in [0.15, 0.2) is 0 Å². The Balaban J connectivity index is 1.84. The Labute approximate surface area is 122 Å². The van der Waals surface area contributed by atoms with Gasteiger partial charge in [-0.1, -0.05) is 6.07 Å². The van der Waals surface area contributed by atoms with Gasteiger partial charge in [0.05, 0.1) is 6.54 Å². The Morgan fingerprint density at radius 1 is 1.25 bits per heavy atom. The van der Waals surface area contributed by atoms with Gasteiger partial charge in [0, 0.05) is 24.3 Å². The number of thiol groups is 1. The lowest BCUT2D eigenvalue weighted by molar-refractivity contribution is -0.117. The van der Waals surface area contributed by atoms with Gasteiger partial charge in [-0.2, -0.15) is 12.6 Å². The molecule has 5 nitrogen and oxygen atoms in total. The number of anilines is 2. The molecule has 0 aromatic heterocycles. The van der Waals surface area contributed by atoms with Gasteiger partial charge < -0.3 is 9.64 Å². The number of nitrogens with zero attached hydrogens (tertiary/aromatic N) is 2. The molecule has 3 rings (SSSR count). The molecule has 1 aromatic rings. The van der Waals surface area contributed by atoms with E-state index in [0.29, 0.717) is 37.8 Å². The molecule has 1 atom stereocenters. The lowest BCUT2D eigenvalue weighted by Crippen LogP contribution is -2.26. The third-order valence-corrected chi connectivity index (χ3v) is 4.19. The standard InChI is InChI=1S/C14H16N2O3S/c17-13-6-10(9-20)8-16(13)12-3-1-2-11(7-12)15-4-5-19-14(15)18/h1-3,7,10,20H,4-6,8-9H2. The van der Waals surface area contributed by atoms with Gasteiger partial charge in [-0.05, 0) is 29.9 Å². The summed E-state index contributed by atoms with van der Waals surface area (Å²) in [6, 6.07) is 7.47. The second kappa shape index (κ2) is 5.36. The van der Waals surface area contributed by atoms with Crippen LogP contribution in [-0.4, -0.2) is 37.4 Å². The van der Waals surface area contributed by atoms with Crippen LogP contribution in [0.5, 0.6) is 0 Å². The molecule has 2 saturated heterocycles. The average Bonchev–Trinajstić information content (AvgIpc) is 3.05. The minimum atomic E-state index is -0.330. The van der Waals surface area contributed by atoms with E-state index in [2.05, 4.69) is 12.6 Å². The Kier molecular flexibility index (Phi) is 3.56. The van der Waals surface area contributed by atoms with Crippen LogP contribution in [-0.2, 0) is 9.53 Å². The van der Waals surface area contributed by atoms with Crippen LogP contribution in [0.4, 0.5) is 16.2 Å². The normalized spacial score (nSPS) is 22.6. The van der Waals surface area contributed by atoms with Gasteiger partial charge in [-0.3, -0.25) is 9.69 Å². The van der Waals surface area contributed by atoms with Crippen molar-refractivity contribution in [1.82, 2.24) is 0 Å². The summed E-state index contributed by atoms with van der Waals surface area (Å²) in [5.41, 5.74) is 1.60. The molecule has 2 aliphatic rings. The second-order valence-corrected chi connectivity index (χ2v) is 5.41. The zero-order valence-electron chi connectivity index (χ0n) is 11.0. The third kappa shape index (κ3) is 2.35. The summed E-state index contributed by atoms with van der Waals surface area (Å²) >= 11 is 4.26. The predicted octanol–water partition coefficient (Wildman–Crippen LogP) is 1.93. The van der Waals surface area contributed by atoms with E-state index in [9.17, 15) is 9.59 Å². The van der Waals surface area contributed by atoms with Crippen LogP contribution >= 0.6 is 12.6 Å². The molecular weight excluding hydrogens is 276 g/mol. The van der Waals surface area contributed by atoms with E-state index < -0.39 is 0 Å². The molecule has 106 valence electrons. The average molecular weight is 292 g/mol. The summed E-state index contributed by atoms with van der Waals surface area (Å²) in [6.45, 7) is 1.65. The van der Waals surface area contributed by atoms with Gasteiger partial charge in [0.25, 0.3) is 0 Å². The van der Waals surface area contributed by atoms with Crippen molar-refractivity contribution < 1.29 is 14.3 Å². The van der Waals surface area contributed by atoms with Crippen molar-refractivity contribution in [2.45, 2.75) is 6.42 Å². The second-order valence-electron chi connectivity index (χ2n) is 5.04. The first-order valence-corrected chi connectivity index (χ1v) is 7.28. The van der Waals surface area contributed by atoms with E-state index in [-0.39, 0.29) is 12.0 Å². The van der Waals surface area contributed by atoms with Crippen molar-refractivity contribution in [2.75, 3.05) is 35.2 Å². The van der Waals surface area contributed by atoms with E-state index in [0.717, 1.165) is 11.4 Å². The van der Waals surface area contributed by atoms with Crippen LogP contribution in [0.1, 0.15) is 6.42 Å². The number of rotatable bonds is 3. The lowest BCUT2D eigenvalue weighted by Gasteiger charge is -2.19. The number of hydrogen-bond acceptors (Lipinski definition) is 4. The van der Waals surface area contributed by atoms with Crippen molar-refractivity contribution >= 4 is 36.0 Å². The van der Waals surface area contributed by atoms with Crippen molar-refractivity contribution in [2.24, 2.45) is 5.92 Å². The molecule has 1 unspecified atom stereocenters. The number of carbonyl (C=O) groups is 2. The van der Waals surface area contributed by atoms with Crippen LogP contribution in [0.25, 0.3) is 0 Å². The SMILES string of the molecule is O=C1CC(CS)CN1c1cccc(N2CCOC2=O)c1. The highest BCUT2D eigenvalue weighted by atomic mass is 32.1. The molecule has 0 N–H and O–H groups in total. The van der Waals surface area contributed by atoms with Crippen LogP contribution < -0.4 is 9.80 Å². The molecular formula is C14H16N2O3S. The topological polar surface area (TPSA) is 49.9 Å². The fourth-order valence-corrected chi connectivity index (χ4v) is 2.85. The van der Waals surface area contributed by atoms with Gasteiger partial charge in [0.1, 0.15) is 6.61 Å². The Morgan fingerprint density at radius 2 is 2.00 bits per heavy atom. The minimum Gasteiger partial charge on any atom is -0.447 e. The van der Waals surface area contributed by atoms with E-state index in [1.807, 2.05) is 24.3 Å². The van der Waals surface area contributed by atoms with Crippen molar-refractivity contribution in [1.29, 1.82) is 0 Å². The number of hydrogen-bond donors (Lipinski definition) is 1. The maximum Gasteiger partial charge on any atom is 0.414 e. The maximum absolute atomic E-state index is 12.0. The monoisotopic (exact) mass is 292 g/mol. The van der Waals surface area contributed by atoms with Crippen molar-refractivity contribution in [3.8, 4) is 0 Å². The van der Waals surface area contributed by atoms with E-state index in [4.69, 9.17) is 4.74 Å². The molecule has 2 amide bonds. The van der Waals surface area contributed by atoms with Crippen LogP contribution in [0.15, 0.2) is 24.3 Å². The molecule has 20 heavy (non-hydrogen) atoms. The Hall–Kier alpha value is -1.69. The minimum absolute atomic E-state index is 0.116. The van der Waals surface area contributed by atoms with E-state index in [1.165, 1.54) is 0 Å².